The molecule has 0 saturated carbocycles. The van der Waals surface area contributed by atoms with Crippen LogP contribution in [0, 0.1) is 13.8 Å². The van der Waals surface area contributed by atoms with Crippen LogP contribution < -0.4 is 0 Å². The first-order chi connectivity index (χ1) is 7.58. The minimum atomic E-state index is 0.279. The molecule has 0 bridgehead atoms. The van der Waals surface area contributed by atoms with E-state index in [4.69, 9.17) is 0 Å². The van der Waals surface area contributed by atoms with Crippen LogP contribution >= 0.6 is 43.2 Å². The lowest BCUT2D eigenvalue weighted by Crippen LogP contribution is -1.91. The highest BCUT2D eigenvalue weighted by molar-refractivity contribution is 9.11. The third-order valence-electron chi connectivity index (χ3n) is 2.44. The van der Waals surface area contributed by atoms with Crippen molar-refractivity contribution in [1.29, 1.82) is 0 Å². The van der Waals surface area contributed by atoms with Crippen LogP contribution in [-0.4, -0.2) is 0 Å². The molecule has 16 heavy (non-hydrogen) atoms. The minimum absolute atomic E-state index is 0.279. The van der Waals surface area contributed by atoms with Crippen molar-refractivity contribution in [2.75, 3.05) is 0 Å². The highest BCUT2D eigenvalue weighted by atomic mass is 79.9. The van der Waals surface area contributed by atoms with E-state index in [0.29, 0.717) is 0 Å². The third kappa shape index (κ3) is 2.58. The van der Waals surface area contributed by atoms with Gasteiger partial charge in [-0.2, -0.15) is 0 Å². The normalized spacial score (nSPS) is 12.8. The molecule has 1 aromatic heterocycles. The Hall–Kier alpha value is -0.120. The molecule has 0 nitrogen and oxygen atoms in total. The van der Waals surface area contributed by atoms with E-state index in [1.165, 1.54) is 25.4 Å². The minimum Gasteiger partial charge on any atom is -0.144 e. The number of rotatable bonds is 2. The number of aryl methyl sites for hydroxylation is 2. The van der Waals surface area contributed by atoms with E-state index in [1.807, 2.05) is 11.3 Å². The Labute approximate surface area is 117 Å². The predicted molar refractivity (Wildman–Crippen MR) is 78.7 cm³/mol. The van der Waals surface area contributed by atoms with Gasteiger partial charge in [0.1, 0.15) is 0 Å². The molecule has 1 unspecified atom stereocenters. The summed E-state index contributed by atoms with van der Waals surface area (Å²) >= 11 is 9.23. The molecule has 0 amide bonds. The van der Waals surface area contributed by atoms with Crippen LogP contribution in [-0.2, 0) is 0 Å². The monoisotopic (exact) mass is 358 g/mol. The molecule has 0 radical (unpaired) electrons. The lowest BCUT2D eigenvalue weighted by atomic mass is 10.1. The average molecular weight is 360 g/mol. The van der Waals surface area contributed by atoms with E-state index in [0.717, 1.165) is 0 Å². The van der Waals surface area contributed by atoms with Gasteiger partial charge in [-0.15, -0.1) is 11.3 Å². The van der Waals surface area contributed by atoms with E-state index in [2.05, 4.69) is 76.0 Å². The van der Waals surface area contributed by atoms with Crippen LogP contribution in [0.2, 0.25) is 0 Å². The van der Waals surface area contributed by atoms with Gasteiger partial charge in [0, 0.05) is 14.2 Å². The van der Waals surface area contributed by atoms with Crippen molar-refractivity contribution in [2.45, 2.75) is 18.7 Å². The smallest absolute Gasteiger partial charge is 0.0749 e. The number of hydrogen-bond donors (Lipinski definition) is 0. The van der Waals surface area contributed by atoms with Gasteiger partial charge in [0.05, 0.1) is 4.83 Å². The second-order valence-electron chi connectivity index (χ2n) is 3.84. The molecule has 0 aliphatic rings. The van der Waals surface area contributed by atoms with E-state index >= 15 is 0 Å². The van der Waals surface area contributed by atoms with Crippen molar-refractivity contribution in [3.63, 3.8) is 0 Å². The molecule has 0 spiro atoms. The molecule has 0 aliphatic carbocycles. The first-order valence-corrected chi connectivity index (χ1v) is 7.57. The third-order valence-corrected chi connectivity index (χ3v) is 5.48. The van der Waals surface area contributed by atoms with Crippen LogP contribution in [0.5, 0.6) is 0 Å². The SMILES string of the molecule is Cc1ccc(C(Br)c2ccc(C)s2)c(Br)c1. The molecule has 0 fully saturated rings. The largest absolute Gasteiger partial charge is 0.144 e. The van der Waals surface area contributed by atoms with Gasteiger partial charge in [0.2, 0.25) is 0 Å². The Morgan fingerprint density at radius 3 is 2.44 bits per heavy atom. The summed E-state index contributed by atoms with van der Waals surface area (Å²) in [5, 5.41) is 0. The van der Waals surface area contributed by atoms with Gasteiger partial charge in [0.15, 0.2) is 0 Å². The number of halogens is 2. The lowest BCUT2D eigenvalue weighted by molar-refractivity contribution is 1.20. The van der Waals surface area contributed by atoms with E-state index < -0.39 is 0 Å². The van der Waals surface area contributed by atoms with Gasteiger partial charge >= 0.3 is 0 Å². The van der Waals surface area contributed by atoms with Crippen LogP contribution in [0.25, 0.3) is 0 Å². The lowest BCUT2D eigenvalue weighted by Gasteiger charge is -2.11. The van der Waals surface area contributed by atoms with Crippen molar-refractivity contribution in [2.24, 2.45) is 0 Å². The highest BCUT2D eigenvalue weighted by Gasteiger charge is 2.14. The molecule has 84 valence electrons. The molecule has 3 heteroatoms. The Morgan fingerprint density at radius 2 is 1.88 bits per heavy atom. The molecular weight excluding hydrogens is 348 g/mol. The summed E-state index contributed by atoms with van der Waals surface area (Å²) in [6.45, 7) is 4.24. The van der Waals surface area contributed by atoms with Gasteiger partial charge in [-0.3, -0.25) is 0 Å². The number of hydrogen-bond acceptors (Lipinski definition) is 1. The summed E-state index contributed by atoms with van der Waals surface area (Å²) in [4.78, 5) is 2.98. The molecule has 1 atom stereocenters. The maximum absolute atomic E-state index is 3.76. The number of alkyl halides is 1. The van der Waals surface area contributed by atoms with Crippen LogP contribution in [0.3, 0.4) is 0 Å². The Bertz CT molecular complexity index is 502. The first kappa shape index (κ1) is 12.3. The molecule has 2 aromatic rings. The van der Waals surface area contributed by atoms with Crippen molar-refractivity contribution in [3.05, 3.63) is 55.7 Å². The zero-order valence-corrected chi connectivity index (χ0v) is 13.1. The molecule has 1 heterocycles. The Balaban J connectivity index is 2.37. The summed E-state index contributed by atoms with van der Waals surface area (Å²) in [7, 11) is 0. The average Bonchev–Trinajstić information content (AvgIpc) is 2.64. The van der Waals surface area contributed by atoms with Crippen molar-refractivity contribution in [3.8, 4) is 0 Å². The van der Waals surface area contributed by atoms with E-state index in [9.17, 15) is 0 Å². The zero-order valence-electron chi connectivity index (χ0n) is 9.13. The quantitative estimate of drug-likeness (QED) is 0.611. The fraction of sp³-hybridized carbons (Fsp3) is 0.231. The van der Waals surface area contributed by atoms with Crippen molar-refractivity contribution < 1.29 is 0 Å². The predicted octanol–water partition coefficient (Wildman–Crippen LogP) is 5.61. The maximum Gasteiger partial charge on any atom is 0.0749 e. The van der Waals surface area contributed by atoms with Crippen LogP contribution in [0.15, 0.2) is 34.8 Å². The molecule has 0 N–H and O–H groups in total. The topological polar surface area (TPSA) is 0 Å². The fourth-order valence-electron chi connectivity index (χ4n) is 1.58. The van der Waals surface area contributed by atoms with Gasteiger partial charge in [-0.1, -0.05) is 44.0 Å². The van der Waals surface area contributed by atoms with E-state index in [1.54, 1.807) is 0 Å². The highest BCUT2D eigenvalue weighted by Crippen LogP contribution is 2.38. The van der Waals surface area contributed by atoms with E-state index in [-0.39, 0.29) is 4.83 Å². The number of benzene rings is 1. The molecule has 0 aliphatic heterocycles. The zero-order chi connectivity index (χ0) is 11.7. The maximum atomic E-state index is 3.76. The summed E-state index contributed by atoms with van der Waals surface area (Å²) in [5.74, 6) is 0. The van der Waals surface area contributed by atoms with Gasteiger partial charge in [-0.25, -0.2) is 0 Å². The summed E-state index contributed by atoms with van der Waals surface area (Å²) < 4.78 is 1.17. The second kappa shape index (κ2) is 5.03. The second-order valence-corrected chi connectivity index (χ2v) is 6.93. The molecule has 2 rings (SSSR count). The fourth-order valence-corrected chi connectivity index (χ4v) is 4.32. The van der Waals surface area contributed by atoms with Gasteiger partial charge in [0.25, 0.3) is 0 Å². The van der Waals surface area contributed by atoms with Crippen molar-refractivity contribution >= 4 is 43.2 Å². The summed E-state index contributed by atoms with van der Waals surface area (Å²) in [6, 6.07) is 10.8. The van der Waals surface area contributed by atoms with Crippen LogP contribution in [0.1, 0.15) is 25.7 Å². The molecule has 1 aromatic carbocycles. The van der Waals surface area contributed by atoms with Gasteiger partial charge in [-0.05, 0) is 43.2 Å². The summed E-state index contributed by atoms with van der Waals surface area (Å²) in [6.07, 6.45) is 0. The number of thiophene rings is 1. The van der Waals surface area contributed by atoms with Crippen LogP contribution in [0.4, 0.5) is 0 Å². The van der Waals surface area contributed by atoms with Crippen molar-refractivity contribution in [1.82, 2.24) is 0 Å². The Kier molecular flexibility index (Phi) is 3.88. The standard InChI is InChI=1S/C13H12Br2S/c1-8-3-5-10(11(14)7-8)13(15)12-6-4-9(2)16-12/h3-7,13H,1-2H3. The molecule has 0 saturated heterocycles. The van der Waals surface area contributed by atoms with Gasteiger partial charge < -0.3 is 0 Å². The summed E-state index contributed by atoms with van der Waals surface area (Å²) in [5.41, 5.74) is 2.56. The molecular formula is C13H12Br2S. The Morgan fingerprint density at radius 1 is 1.12 bits per heavy atom. The first-order valence-electron chi connectivity index (χ1n) is 5.04.